The Morgan fingerprint density at radius 2 is 1.85 bits per heavy atom. The molecule has 0 saturated carbocycles. The predicted molar refractivity (Wildman–Crippen MR) is 82.1 cm³/mol. The summed E-state index contributed by atoms with van der Waals surface area (Å²) in [6, 6.07) is 0. The molecular formula is C16H32N2O2. The van der Waals surface area contributed by atoms with E-state index in [4.69, 9.17) is 9.47 Å². The minimum absolute atomic E-state index is 0.421. The van der Waals surface area contributed by atoms with E-state index >= 15 is 0 Å². The van der Waals surface area contributed by atoms with Crippen LogP contribution in [0.1, 0.15) is 46.0 Å². The first-order valence-corrected chi connectivity index (χ1v) is 8.52. The average molecular weight is 284 g/mol. The van der Waals surface area contributed by atoms with Gasteiger partial charge in [0.15, 0.2) is 0 Å². The zero-order valence-electron chi connectivity index (χ0n) is 13.3. The fourth-order valence-corrected chi connectivity index (χ4v) is 3.20. The van der Waals surface area contributed by atoms with Crippen LogP contribution >= 0.6 is 0 Å². The van der Waals surface area contributed by atoms with Gasteiger partial charge in [-0.1, -0.05) is 13.8 Å². The lowest BCUT2D eigenvalue weighted by molar-refractivity contribution is 0.0105. The van der Waals surface area contributed by atoms with Crippen molar-refractivity contribution >= 4 is 0 Å². The van der Waals surface area contributed by atoms with Crippen LogP contribution in [0, 0.1) is 0 Å². The molecule has 0 aromatic rings. The molecule has 0 aromatic heterocycles. The molecule has 0 bridgehead atoms. The quantitative estimate of drug-likeness (QED) is 0.657. The fraction of sp³-hybridized carbons (Fsp3) is 1.00. The molecule has 0 aromatic carbocycles. The summed E-state index contributed by atoms with van der Waals surface area (Å²) in [5.41, 5.74) is 0. The molecule has 0 aliphatic carbocycles. The Hall–Kier alpha value is -0.160. The van der Waals surface area contributed by atoms with E-state index in [2.05, 4.69) is 24.1 Å². The Morgan fingerprint density at radius 3 is 2.55 bits per heavy atom. The Labute approximate surface area is 124 Å². The maximum atomic E-state index is 6.16. The Morgan fingerprint density at radius 1 is 1.05 bits per heavy atom. The van der Waals surface area contributed by atoms with E-state index in [-0.39, 0.29) is 0 Å². The maximum Gasteiger partial charge on any atom is 0.0707 e. The van der Waals surface area contributed by atoms with Crippen molar-refractivity contribution in [3.05, 3.63) is 0 Å². The third kappa shape index (κ3) is 5.32. The van der Waals surface area contributed by atoms with Crippen molar-refractivity contribution < 1.29 is 9.47 Å². The Kier molecular flexibility index (Phi) is 7.28. The van der Waals surface area contributed by atoms with Crippen LogP contribution in [0.5, 0.6) is 0 Å². The number of nitrogens with one attached hydrogen (secondary N) is 1. The van der Waals surface area contributed by atoms with Gasteiger partial charge in [0.1, 0.15) is 0 Å². The van der Waals surface area contributed by atoms with Crippen LogP contribution in [0.4, 0.5) is 0 Å². The minimum Gasteiger partial charge on any atom is -0.377 e. The topological polar surface area (TPSA) is 33.7 Å². The molecule has 0 radical (unpaired) electrons. The molecular weight excluding hydrogens is 252 g/mol. The van der Waals surface area contributed by atoms with Crippen LogP contribution in [0.15, 0.2) is 0 Å². The lowest BCUT2D eigenvalue weighted by Crippen LogP contribution is -2.38. The number of ether oxygens (including phenoxy) is 2. The van der Waals surface area contributed by atoms with Crippen molar-refractivity contribution in [2.75, 3.05) is 39.3 Å². The van der Waals surface area contributed by atoms with E-state index in [9.17, 15) is 0 Å². The van der Waals surface area contributed by atoms with Crippen LogP contribution in [0.3, 0.4) is 0 Å². The molecule has 2 aliphatic rings. The fourth-order valence-electron chi connectivity index (χ4n) is 3.20. The second-order valence-electron chi connectivity index (χ2n) is 6.15. The smallest absolute Gasteiger partial charge is 0.0707 e. The van der Waals surface area contributed by atoms with Gasteiger partial charge in [-0.15, -0.1) is 0 Å². The summed E-state index contributed by atoms with van der Waals surface area (Å²) in [7, 11) is 0. The molecule has 3 atom stereocenters. The van der Waals surface area contributed by atoms with Gasteiger partial charge in [0, 0.05) is 26.2 Å². The van der Waals surface area contributed by atoms with Gasteiger partial charge in [0.2, 0.25) is 0 Å². The van der Waals surface area contributed by atoms with E-state index in [1.807, 2.05) is 0 Å². The van der Waals surface area contributed by atoms with Gasteiger partial charge in [-0.05, 0) is 45.2 Å². The standard InChI is InChI=1S/C16H32N2O2/c1-3-9-17-11-14-7-8-16(20-14)13-18(4-2)12-15-6-5-10-19-15/h14-17H,3-13H2,1-2H3. The molecule has 0 amide bonds. The number of nitrogens with zero attached hydrogens (tertiary/aromatic N) is 1. The molecule has 118 valence electrons. The Balaban J connectivity index is 1.64. The lowest BCUT2D eigenvalue weighted by atomic mass is 10.1. The van der Waals surface area contributed by atoms with E-state index in [1.54, 1.807) is 0 Å². The molecule has 2 rings (SSSR count). The monoisotopic (exact) mass is 284 g/mol. The number of hydrogen-bond acceptors (Lipinski definition) is 4. The minimum atomic E-state index is 0.421. The molecule has 0 spiro atoms. The Bertz CT molecular complexity index is 257. The predicted octanol–water partition coefficient (Wildman–Crippen LogP) is 2.03. The van der Waals surface area contributed by atoms with Crippen molar-refractivity contribution in [2.45, 2.75) is 64.3 Å². The van der Waals surface area contributed by atoms with Gasteiger partial charge in [-0.25, -0.2) is 0 Å². The van der Waals surface area contributed by atoms with Gasteiger partial charge in [-0.2, -0.15) is 0 Å². The first kappa shape index (κ1) is 16.2. The highest BCUT2D eigenvalue weighted by Gasteiger charge is 2.27. The van der Waals surface area contributed by atoms with E-state index in [0.717, 1.165) is 39.3 Å². The summed E-state index contributed by atoms with van der Waals surface area (Å²) in [5, 5.41) is 3.46. The molecule has 2 aliphatic heterocycles. The zero-order chi connectivity index (χ0) is 14.2. The second-order valence-corrected chi connectivity index (χ2v) is 6.15. The maximum absolute atomic E-state index is 6.16. The van der Waals surface area contributed by atoms with Gasteiger partial charge in [0.25, 0.3) is 0 Å². The highest BCUT2D eigenvalue weighted by atomic mass is 16.5. The highest BCUT2D eigenvalue weighted by molar-refractivity contribution is 4.79. The SMILES string of the molecule is CCCNCC1CCC(CN(CC)CC2CCCO2)O1. The molecule has 2 fully saturated rings. The highest BCUT2D eigenvalue weighted by Crippen LogP contribution is 2.21. The summed E-state index contributed by atoms with van der Waals surface area (Å²) in [6.45, 7) is 10.8. The van der Waals surface area contributed by atoms with Gasteiger partial charge >= 0.3 is 0 Å². The first-order chi connectivity index (χ1) is 9.81. The van der Waals surface area contributed by atoms with Crippen molar-refractivity contribution in [1.82, 2.24) is 10.2 Å². The normalized spacial score (nSPS) is 30.4. The van der Waals surface area contributed by atoms with Gasteiger partial charge in [-0.3, -0.25) is 4.90 Å². The number of likely N-dealkylation sites (N-methyl/N-ethyl adjacent to an activating group) is 1. The summed E-state index contributed by atoms with van der Waals surface area (Å²) >= 11 is 0. The molecule has 4 nitrogen and oxygen atoms in total. The van der Waals surface area contributed by atoms with E-state index in [0.29, 0.717) is 18.3 Å². The summed E-state index contributed by atoms with van der Waals surface area (Å²) in [4.78, 5) is 2.50. The molecule has 4 heteroatoms. The van der Waals surface area contributed by atoms with E-state index in [1.165, 1.54) is 32.1 Å². The van der Waals surface area contributed by atoms with Crippen LogP contribution in [0.2, 0.25) is 0 Å². The third-order valence-electron chi connectivity index (χ3n) is 4.39. The number of hydrogen-bond donors (Lipinski definition) is 1. The average Bonchev–Trinajstić information content (AvgIpc) is 3.10. The number of rotatable bonds is 9. The zero-order valence-corrected chi connectivity index (χ0v) is 13.3. The van der Waals surface area contributed by atoms with E-state index < -0.39 is 0 Å². The van der Waals surface area contributed by atoms with Crippen LogP contribution in [-0.4, -0.2) is 62.5 Å². The third-order valence-corrected chi connectivity index (χ3v) is 4.39. The molecule has 3 unspecified atom stereocenters. The molecule has 20 heavy (non-hydrogen) atoms. The summed E-state index contributed by atoms with van der Waals surface area (Å²) in [6.07, 6.45) is 7.37. The molecule has 1 N–H and O–H groups in total. The van der Waals surface area contributed by atoms with Crippen molar-refractivity contribution in [1.29, 1.82) is 0 Å². The second kappa shape index (κ2) is 8.98. The van der Waals surface area contributed by atoms with Crippen molar-refractivity contribution in [2.24, 2.45) is 0 Å². The summed E-state index contributed by atoms with van der Waals surface area (Å²) < 4.78 is 11.9. The van der Waals surface area contributed by atoms with Gasteiger partial charge in [0.05, 0.1) is 18.3 Å². The molecule has 2 heterocycles. The lowest BCUT2D eigenvalue weighted by Gasteiger charge is -2.26. The van der Waals surface area contributed by atoms with Crippen LogP contribution < -0.4 is 5.32 Å². The first-order valence-electron chi connectivity index (χ1n) is 8.52. The summed E-state index contributed by atoms with van der Waals surface area (Å²) in [5.74, 6) is 0. The van der Waals surface area contributed by atoms with Crippen LogP contribution in [-0.2, 0) is 9.47 Å². The van der Waals surface area contributed by atoms with Crippen molar-refractivity contribution in [3.8, 4) is 0 Å². The van der Waals surface area contributed by atoms with Crippen LogP contribution in [0.25, 0.3) is 0 Å². The largest absolute Gasteiger partial charge is 0.377 e. The van der Waals surface area contributed by atoms with Gasteiger partial charge < -0.3 is 14.8 Å². The van der Waals surface area contributed by atoms with Crippen molar-refractivity contribution in [3.63, 3.8) is 0 Å². The molecule has 2 saturated heterocycles.